The first kappa shape index (κ1) is 30.5. The number of carbonyl (C=O) groups is 1. The van der Waals surface area contributed by atoms with Crippen molar-refractivity contribution in [2.75, 3.05) is 68.7 Å². The SMILES string of the molecule is C.O=C(CCCN1CCN(c2ccc(Cl)cc2)CC1)N1CCCN(c2ccc([N+](=O)[O-])c(C(F)(F)F)c2)CC1. The summed E-state index contributed by atoms with van der Waals surface area (Å²) >= 11 is 5.97. The third kappa shape index (κ3) is 7.98. The second-order valence-electron chi connectivity index (χ2n) is 9.59. The van der Waals surface area contributed by atoms with Gasteiger partial charge in [-0.3, -0.25) is 19.8 Å². The summed E-state index contributed by atoms with van der Waals surface area (Å²) in [5, 5.41) is 11.8. The number of benzene rings is 2. The largest absolute Gasteiger partial charge is 0.423 e. The zero-order valence-corrected chi connectivity index (χ0v) is 21.8. The molecule has 0 N–H and O–H groups in total. The molecule has 0 atom stereocenters. The number of hydrogen-bond acceptors (Lipinski definition) is 6. The van der Waals surface area contributed by atoms with Gasteiger partial charge in [-0.2, -0.15) is 13.2 Å². The van der Waals surface area contributed by atoms with E-state index < -0.39 is 22.4 Å². The molecule has 12 heteroatoms. The van der Waals surface area contributed by atoms with Crippen LogP contribution in [0.5, 0.6) is 0 Å². The number of halogens is 4. The maximum Gasteiger partial charge on any atom is 0.423 e. The molecule has 2 heterocycles. The second kappa shape index (κ2) is 13.3. The molecule has 2 aromatic rings. The molecular formula is C27H35ClF3N5O3. The van der Waals surface area contributed by atoms with E-state index in [0.29, 0.717) is 39.0 Å². The van der Waals surface area contributed by atoms with Gasteiger partial charge in [-0.1, -0.05) is 19.0 Å². The highest BCUT2D eigenvalue weighted by Crippen LogP contribution is 2.38. The van der Waals surface area contributed by atoms with Crippen molar-refractivity contribution in [1.29, 1.82) is 0 Å². The van der Waals surface area contributed by atoms with Gasteiger partial charge >= 0.3 is 6.18 Å². The van der Waals surface area contributed by atoms with Gasteiger partial charge in [0.2, 0.25) is 5.91 Å². The fourth-order valence-corrected chi connectivity index (χ4v) is 5.15. The Morgan fingerprint density at radius 3 is 2.15 bits per heavy atom. The molecule has 0 bridgehead atoms. The van der Waals surface area contributed by atoms with Gasteiger partial charge in [0, 0.05) is 81.2 Å². The lowest BCUT2D eigenvalue weighted by atomic mass is 10.1. The summed E-state index contributed by atoms with van der Waals surface area (Å²) in [5.41, 5.74) is -0.789. The zero-order chi connectivity index (χ0) is 27.3. The summed E-state index contributed by atoms with van der Waals surface area (Å²) in [6, 6.07) is 10.9. The third-order valence-electron chi connectivity index (χ3n) is 7.13. The van der Waals surface area contributed by atoms with Crippen LogP contribution in [-0.4, -0.2) is 79.5 Å². The van der Waals surface area contributed by atoms with Gasteiger partial charge in [0.15, 0.2) is 0 Å². The molecule has 0 aromatic heterocycles. The Hall–Kier alpha value is -3.05. The van der Waals surface area contributed by atoms with Gasteiger partial charge in [-0.15, -0.1) is 0 Å². The molecule has 0 saturated carbocycles. The molecule has 8 nitrogen and oxygen atoms in total. The van der Waals surface area contributed by atoms with Crippen molar-refractivity contribution >= 4 is 34.6 Å². The third-order valence-corrected chi connectivity index (χ3v) is 7.38. The topological polar surface area (TPSA) is 73.2 Å². The molecule has 214 valence electrons. The molecule has 0 aliphatic carbocycles. The van der Waals surface area contributed by atoms with Crippen LogP contribution in [0.2, 0.25) is 5.02 Å². The number of piperazine rings is 1. The Kier molecular flexibility index (Phi) is 10.4. The van der Waals surface area contributed by atoms with Crippen LogP contribution >= 0.6 is 11.6 Å². The average Bonchev–Trinajstić information content (AvgIpc) is 3.15. The van der Waals surface area contributed by atoms with Crippen LogP contribution in [0, 0.1) is 10.1 Å². The number of hydrogen-bond donors (Lipinski definition) is 0. The first-order valence-corrected chi connectivity index (χ1v) is 13.1. The number of rotatable bonds is 7. The average molecular weight is 570 g/mol. The Morgan fingerprint density at radius 1 is 0.897 bits per heavy atom. The molecule has 4 rings (SSSR count). The number of nitro benzene ring substituents is 1. The van der Waals surface area contributed by atoms with E-state index in [1.807, 2.05) is 24.3 Å². The maximum absolute atomic E-state index is 13.4. The molecule has 39 heavy (non-hydrogen) atoms. The molecule has 0 radical (unpaired) electrons. The van der Waals surface area contributed by atoms with E-state index in [9.17, 15) is 28.1 Å². The van der Waals surface area contributed by atoms with Crippen molar-refractivity contribution < 1.29 is 22.9 Å². The molecule has 1 amide bonds. The predicted octanol–water partition coefficient (Wildman–Crippen LogP) is 5.54. The van der Waals surface area contributed by atoms with E-state index in [-0.39, 0.29) is 19.0 Å². The smallest absolute Gasteiger partial charge is 0.370 e. The Morgan fingerprint density at radius 2 is 1.51 bits per heavy atom. The first-order chi connectivity index (χ1) is 18.1. The van der Waals surface area contributed by atoms with Crippen molar-refractivity contribution in [3.05, 3.63) is 63.2 Å². The minimum Gasteiger partial charge on any atom is -0.370 e. The lowest BCUT2D eigenvalue weighted by Gasteiger charge is -2.36. The molecule has 2 saturated heterocycles. The minimum absolute atomic E-state index is 0. The van der Waals surface area contributed by atoms with E-state index in [4.69, 9.17) is 11.6 Å². The quantitative estimate of drug-likeness (QED) is 0.322. The van der Waals surface area contributed by atoms with Crippen molar-refractivity contribution in [1.82, 2.24) is 9.80 Å². The van der Waals surface area contributed by atoms with E-state index in [2.05, 4.69) is 9.80 Å². The predicted molar refractivity (Wildman–Crippen MR) is 148 cm³/mol. The highest BCUT2D eigenvalue weighted by atomic mass is 35.5. The summed E-state index contributed by atoms with van der Waals surface area (Å²) < 4.78 is 40.1. The standard InChI is InChI=1S/C26H31ClF3N5O3.CH4/c27-20-4-6-21(7-5-20)33-15-13-31(14-16-33)10-1-3-25(36)34-12-2-11-32(17-18-34)22-8-9-24(35(37)38)23(19-22)26(28,29)30;/h4-9,19H,1-3,10-18H2;1H4. The Labute approximate surface area is 232 Å². The van der Waals surface area contributed by atoms with Crippen LogP contribution in [0.15, 0.2) is 42.5 Å². The number of nitro groups is 1. The van der Waals surface area contributed by atoms with Crippen LogP contribution < -0.4 is 9.80 Å². The molecule has 2 aliphatic rings. The van der Waals surface area contributed by atoms with Gasteiger partial charge in [0.1, 0.15) is 5.56 Å². The van der Waals surface area contributed by atoms with Crippen molar-refractivity contribution in [3.63, 3.8) is 0 Å². The van der Waals surface area contributed by atoms with Crippen molar-refractivity contribution in [2.24, 2.45) is 0 Å². The summed E-state index contributed by atoms with van der Waals surface area (Å²) in [6.45, 7) is 6.28. The Bertz CT molecular complexity index is 1120. The highest BCUT2D eigenvalue weighted by Gasteiger charge is 2.39. The lowest BCUT2D eigenvalue weighted by molar-refractivity contribution is -0.388. The fourth-order valence-electron chi connectivity index (χ4n) is 5.03. The number of nitrogens with zero attached hydrogens (tertiary/aromatic N) is 5. The Balaban J connectivity index is 0.00000420. The number of anilines is 2. The van der Waals surface area contributed by atoms with Gasteiger partial charge in [-0.25, -0.2) is 0 Å². The van der Waals surface area contributed by atoms with Crippen molar-refractivity contribution in [2.45, 2.75) is 32.9 Å². The van der Waals surface area contributed by atoms with Crippen LogP contribution in [0.3, 0.4) is 0 Å². The number of alkyl halides is 3. The minimum atomic E-state index is -4.82. The first-order valence-electron chi connectivity index (χ1n) is 12.7. The van der Waals surface area contributed by atoms with Crippen LogP contribution in [0.4, 0.5) is 30.2 Å². The molecule has 0 unspecified atom stereocenters. The van der Waals surface area contributed by atoms with Crippen LogP contribution in [-0.2, 0) is 11.0 Å². The van der Waals surface area contributed by atoms with Crippen molar-refractivity contribution in [3.8, 4) is 0 Å². The van der Waals surface area contributed by atoms with E-state index in [0.717, 1.165) is 62.0 Å². The second-order valence-corrected chi connectivity index (χ2v) is 10.0. The van der Waals surface area contributed by atoms with E-state index in [1.54, 1.807) is 9.80 Å². The van der Waals surface area contributed by atoms with E-state index in [1.165, 1.54) is 6.07 Å². The normalized spacial score (nSPS) is 17.0. The van der Waals surface area contributed by atoms with Crippen LogP contribution in [0.25, 0.3) is 0 Å². The zero-order valence-electron chi connectivity index (χ0n) is 21.0. The molecule has 2 aliphatic heterocycles. The summed E-state index contributed by atoms with van der Waals surface area (Å²) in [6.07, 6.45) is -3.05. The van der Waals surface area contributed by atoms with Gasteiger partial charge < -0.3 is 14.7 Å². The van der Waals surface area contributed by atoms with Gasteiger partial charge in [0.05, 0.1) is 4.92 Å². The molecule has 2 fully saturated rings. The maximum atomic E-state index is 13.4. The summed E-state index contributed by atoms with van der Waals surface area (Å²) in [4.78, 5) is 31.1. The highest BCUT2D eigenvalue weighted by molar-refractivity contribution is 6.30. The number of amides is 1. The van der Waals surface area contributed by atoms with Crippen LogP contribution in [0.1, 0.15) is 32.3 Å². The van der Waals surface area contributed by atoms with E-state index >= 15 is 0 Å². The molecule has 2 aromatic carbocycles. The fraction of sp³-hybridized carbons (Fsp3) is 0.519. The molecular weight excluding hydrogens is 535 g/mol. The molecule has 0 spiro atoms. The summed E-state index contributed by atoms with van der Waals surface area (Å²) in [7, 11) is 0. The van der Waals surface area contributed by atoms with Gasteiger partial charge in [-0.05, 0) is 55.8 Å². The number of carbonyl (C=O) groups excluding carboxylic acids is 1. The summed E-state index contributed by atoms with van der Waals surface area (Å²) in [5.74, 6) is 0.0475. The van der Waals surface area contributed by atoms with Gasteiger partial charge in [0.25, 0.3) is 5.69 Å². The lowest BCUT2D eigenvalue weighted by Crippen LogP contribution is -2.46. The monoisotopic (exact) mass is 569 g/mol.